The smallest absolute Gasteiger partial charge is 0.233 e. The molecule has 3 nitrogen and oxygen atoms in total. The number of hydrogen-bond acceptors (Lipinski definition) is 3. The van der Waals surface area contributed by atoms with Crippen molar-refractivity contribution < 1.29 is 4.79 Å². The number of rotatable bonds is 6. The summed E-state index contributed by atoms with van der Waals surface area (Å²) in [4.78, 5) is 20.0. The second kappa shape index (κ2) is 7.97. The second-order valence-electron chi connectivity index (χ2n) is 5.51. The fraction of sp³-hybridized carbons (Fsp3) is 0.200. The Bertz CT molecular complexity index is 815. The number of aromatic nitrogens is 1. The van der Waals surface area contributed by atoms with Crippen LogP contribution in [0.25, 0.3) is 10.9 Å². The lowest BCUT2D eigenvalue weighted by Crippen LogP contribution is -2.31. The Morgan fingerprint density at radius 2 is 1.83 bits per heavy atom. The monoisotopic (exact) mass is 336 g/mol. The van der Waals surface area contributed by atoms with Gasteiger partial charge in [0, 0.05) is 29.6 Å². The van der Waals surface area contributed by atoms with Crippen LogP contribution in [0.15, 0.2) is 71.8 Å². The van der Waals surface area contributed by atoms with Crippen molar-refractivity contribution >= 4 is 28.6 Å². The average molecular weight is 336 g/mol. The molecule has 0 aliphatic heterocycles. The minimum atomic E-state index is 0.152. The van der Waals surface area contributed by atoms with Crippen LogP contribution < -0.4 is 0 Å². The first-order chi connectivity index (χ1) is 11.8. The highest BCUT2D eigenvalue weighted by molar-refractivity contribution is 8.00. The summed E-state index contributed by atoms with van der Waals surface area (Å²) in [5.41, 5.74) is 2.12. The number of carbonyl (C=O) groups is 1. The summed E-state index contributed by atoms with van der Waals surface area (Å²) in [5.74, 6) is 0.579. The summed E-state index contributed by atoms with van der Waals surface area (Å²) in [6.07, 6.45) is 1.79. The maximum Gasteiger partial charge on any atom is 0.233 e. The van der Waals surface area contributed by atoms with E-state index in [2.05, 4.69) is 17.1 Å². The molecule has 0 N–H and O–H groups in total. The van der Waals surface area contributed by atoms with Crippen LogP contribution in [-0.2, 0) is 11.3 Å². The molecule has 0 aliphatic carbocycles. The van der Waals surface area contributed by atoms with Crippen molar-refractivity contribution in [1.82, 2.24) is 9.88 Å². The van der Waals surface area contributed by atoms with Crippen LogP contribution >= 0.6 is 11.8 Å². The zero-order chi connectivity index (χ0) is 16.8. The minimum absolute atomic E-state index is 0.152. The van der Waals surface area contributed by atoms with Crippen molar-refractivity contribution in [3.63, 3.8) is 0 Å². The van der Waals surface area contributed by atoms with E-state index in [1.54, 1.807) is 18.0 Å². The summed E-state index contributed by atoms with van der Waals surface area (Å²) >= 11 is 1.56. The SMILES string of the molecule is CCN(Cc1ccccc1)C(=O)CSc1cccc2cccnc12. The van der Waals surface area contributed by atoms with Gasteiger partial charge in [0.05, 0.1) is 11.3 Å². The second-order valence-corrected chi connectivity index (χ2v) is 6.53. The third kappa shape index (κ3) is 3.95. The molecule has 0 unspecified atom stereocenters. The molecule has 0 aliphatic rings. The van der Waals surface area contributed by atoms with Crippen molar-refractivity contribution in [3.05, 3.63) is 72.4 Å². The number of hydrogen-bond donors (Lipinski definition) is 0. The molecule has 2 aromatic carbocycles. The largest absolute Gasteiger partial charge is 0.338 e. The van der Waals surface area contributed by atoms with E-state index in [0.29, 0.717) is 18.8 Å². The van der Waals surface area contributed by atoms with Crippen LogP contribution in [0.5, 0.6) is 0 Å². The molecular formula is C20H20N2OS. The summed E-state index contributed by atoms with van der Waals surface area (Å²) < 4.78 is 0. The number of fused-ring (bicyclic) bond motifs is 1. The first-order valence-electron chi connectivity index (χ1n) is 8.06. The van der Waals surface area contributed by atoms with Gasteiger partial charge < -0.3 is 4.90 Å². The number of amides is 1. The molecule has 1 heterocycles. The highest BCUT2D eigenvalue weighted by Gasteiger charge is 2.13. The van der Waals surface area contributed by atoms with Gasteiger partial charge in [-0.2, -0.15) is 0 Å². The van der Waals surface area contributed by atoms with Crippen molar-refractivity contribution in [3.8, 4) is 0 Å². The van der Waals surface area contributed by atoms with Crippen molar-refractivity contribution in [2.75, 3.05) is 12.3 Å². The Hall–Kier alpha value is -2.33. The van der Waals surface area contributed by atoms with Gasteiger partial charge in [0.2, 0.25) is 5.91 Å². The molecule has 3 rings (SSSR count). The van der Waals surface area contributed by atoms with E-state index in [1.165, 1.54) is 0 Å². The molecule has 0 spiro atoms. The molecule has 0 atom stereocenters. The van der Waals surface area contributed by atoms with E-state index in [4.69, 9.17) is 0 Å². The van der Waals surface area contributed by atoms with Gasteiger partial charge >= 0.3 is 0 Å². The lowest BCUT2D eigenvalue weighted by molar-refractivity contribution is -0.128. The van der Waals surface area contributed by atoms with Gasteiger partial charge in [-0.3, -0.25) is 9.78 Å². The minimum Gasteiger partial charge on any atom is -0.338 e. The molecule has 24 heavy (non-hydrogen) atoms. The Balaban J connectivity index is 1.67. The van der Waals surface area contributed by atoms with Crippen molar-refractivity contribution in [2.45, 2.75) is 18.4 Å². The quantitative estimate of drug-likeness (QED) is 0.627. The van der Waals surface area contributed by atoms with E-state index in [1.807, 2.05) is 60.4 Å². The predicted molar refractivity (Wildman–Crippen MR) is 100 cm³/mol. The Labute approximate surface area is 146 Å². The van der Waals surface area contributed by atoms with E-state index >= 15 is 0 Å². The lowest BCUT2D eigenvalue weighted by atomic mass is 10.2. The topological polar surface area (TPSA) is 33.2 Å². The Morgan fingerprint density at radius 1 is 1.04 bits per heavy atom. The van der Waals surface area contributed by atoms with Crippen LogP contribution in [0.2, 0.25) is 0 Å². The van der Waals surface area contributed by atoms with Crippen molar-refractivity contribution in [1.29, 1.82) is 0 Å². The zero-order valence-corrected chi connectivity index (χ0v) is 14.5. The zero-order valence-electron chi connectivity index (χ0n) is 13.7. The van der Waals surface area contributed by atoms with Gasteiger partial charge in [-0.1, -0.05) is 48.5 Å². The van der Waals surface area contributed by atoms with Crippen molar-refractivity contribution in [2.24, 2.45) is 0 Å². The molecule has 4 heteroatoms. The van der Waals surface area contributed by atoms with E-state index in [0.717, 1.165) is 21.4 Å². The predicted octanol–water partition coefficient (Wildman–Crippen LogP) is 4.38. The van der Waals surface area contributed by atoms with E-state index in [9.17, 15) is 4.79 Å². The Morgan fingerprint density at radius 3 is 2.62 bits per heavy atom. The summed E-state index contributed by atoms with van der Waals surface area (Å²) in [6, 6.07) is 20.2. The van der Waals surface area contributed by atoms with Crippen LogP contribution in [0.3, 0.4) is 0 Å². The maximum atomic E-state index is 12.6. The fourth-order valence-electron chi connectivity index (χ4n) is 2.60. The standard InChI is InChI=1S/C20H20N2OS/c1-2-22(14-16-8-4-3-5-9-16)19(23)15-24-18-12-6-10-17-11-7-13-21-20(17)18/h3-13H,2,14-15H2,1H3. The molecule has 0 radical (unpaired) electrons. The molecule has 0 saturated heterocycles. The summed E-state index contributed by atoms with van der Waals surface area (Å²) in [7, 11) is 0. The maximum absolute atomic E-state index is 12.6. The third-order valence-electron chi connectivity index (χ3n) is 3.90. The molecule has 3 aromatic rings. The van der Waals surface area contributed by atoms with Gasteiger partial charge in [0.25, 0.3) is 0 Å². The molecular weight excluding hydrogens is 316 g/mol. The lowest BCUT2D eigenvalue weighted by Gasteiger charge is -2.21. The van der Waals surface area contributed by atoms with Crippen LogP contribution in [0, 0.1) is 0 Å². The highest BCUT2D eigenvalue weighted by Crippen LogP contribution is 2.26. The third-order valence-corrected chi connectivity index (χ3v) is 4.93. The average Bonchev–Trinajstić information content (AvgIpc) is 2.65. The van der Waals surface area contributed by atoms with Crippen LogP contribution in [-0.4, -0.2) is 28.1 Å². The van der Waals surface area contributed by atoms with Crippen LogP contribution in [0.4, 0.5) is 0 Å². The molecule has 0 fully saturated rings. The number of nitrogens with zero attached hydrogens (tertiary/aromatic N) is 2. The number of pyridine rings is 1. The molecule has 0 saturated carbocycles. The van der Waals surface area contributed by atoms with Crippen LogP contribution in [0.1, 0.15) is 12.5 Å². The molecule has 122 valence electrons. The molecule has 1 amide bonds. The van der Waals surface area contributed by atoms with Gasteiger partial charge in [-0.15, -0.1) is 11.8 Å². The van der Waals surface area contributed by atoms with Gasteiger partial charge in [-0.05, 0) is 24.6 Å². The number of thioether (sulfide) groups is 1. The van der Waals surface area contributed by atoms with Gasteiger partial charge in [-0.25, -0.2) is 0 Å². The summed E-state index contributed by atoms with van der Waals surface area (Å²) in [6.45, 7) is 3.39. The first kappa shape index (κ1) is 16.5. The normalized spacial score (nSPS) is 10.7. The van der Waals surface area contributed by atoms with E-state index < -0.39 is 0 Å². The fourth-order valence-corrected chi connectivity index (χ4v) is 3.55. The number of para-hydroxylation sites is 1. The van der Waals surface area contributed by atoms with Gasteiger partial charge in [0.1, 0.15) is 0 Å². The summed E-state index contributed by atoms with van der Waals surface area (Å²) in [5, 5.41) is 1.10. The first-order valence-corrected chi connectivity index (χ1v) is 9.04. The van der Waals surface area contributed by atoms with Gasteiger partial charge in [0.15, 0.2) is 0 Å². The highest BCUT2D eigenvalue weighted by atomic mass is 32.2. The number of carbonyl (C=O) groups excluding carboxylic acids is 1. The van der Waals surface area contributed by atoms with E-state index in [-0.39, 0.29) is 5.91 Å². The Kier molecular flexibility index (Phi) is 5.49. The molecule has 0 bridgehead atoms. The molecule has 1 aromatic heterocycles. The number of benzene rings is 2.